The van der Waals surface area contributed by atoms with Crippen molar-refractivity contribution in [2.75, 3.05) is 18.0 Å². The fourth-order valence-electron chi connectivity index (χ4n) is 2.29. The molecule has 0 bridgehead atoms. The molecule has 0 spiro atoms. The van der Waals surface area contributed by atoms with Crippen molar-refractivity contribution in [3.05, 3.63) is 24.0 Å². The van der Waals surface area contributed by atoms with Crippen LogP contribution in [-0.2, 0) is 0 Å². The number of carbonyl (C=O) groups is 1. The minimum absolute atomic E-state index is 0.0645. The van der Waals surface area contributed by atoms with Crippen LogP contribution < -0.4 is 4.90 Å². The van der Waals surface area contributed by atoms with Crippen molar-refractivity contribution in [1.82, 2.24) is 4.98 Å². The minimum atomic E-state index is -4.24. The topological polar surface area (TPSA) is 53.4 Å². The van der Waals surface area contributed by atoms with Gasteiger partial charge in [-0.1, -0.05) is 0 Å². The van der Waals surface area contributed by atoms with Gasteiger partial charge in [-0.05, 0) is 18.9 Å². The normalized spacial score (nSPS) is 20.4. The Bertz CT molecular complexity index is 476. The molecule has 19 heavy (non-hydrogen) atoms. The number of aromatic carboxylic acids is 1. The van der Waals surface area contributed by atoms with Crippen molar-refractivity contribution in [2.24, 2.45) is 5.92 Å². The Labute approximate surface area is 107 Å². The highest BCUT2D eigenvalue weighted by Gasteiger charge is 2.42. The van der Waals surface area contributed by atoms with Gasteiger partial charge in [-0.15, -0.1) is 0 Å². The van der Waals surface area contributed by atoms with Crippen molar-refractivity contribution in [1.29, 1.82) is 0 Å². The Hall–Kier alpha value is -1.79. The molecule has 0 radical (unpaired) electrons. The molecule has 1 aromatic rings. The Morgan fingerprint density at radius 3 is 2.84 bits per heavy atom. The molecule has 104 valence electrons. The maximum absolute atomic E-state index is 12.7. The number of halogens is 3. The summed E-state index contributed by atoms with van der Waals surface area (Å²) in [6, 6.07) is 1.45. The first kappa shape index (κ1) is 13.6. The van der Waals surface area contributed by atoms with Crippen LogP contribution in [0.1, 0.15) is 23.2 Å². The van der Waals surface area contributed by atoms with E-state index in [-0.39, 0.29) is 18.5 Å². The van der Waals surface area contributed by atoms with E-state index in [0.29, 0.717) is 18.7 Å². The van der Waals surface area contributed by atoms with Gasteiger partial charge in [0.2, 0.25) is 0 Å². The van der Waals surface area contributed by atoms with Gasteiger partial charge < -0.3 is 10.0 Å². The summed E-state index contributed by atoms with van der Waals surface area (Å²) in [4.78, 5) is 16.2. The van der Waals surface area contributed by atoms with E-state index in [1.807, 2.05) is 0 Å². The zero-order valence-electron chi connectivity index (χ0n) is 10.0. The van der Waals surface area contributed by atoms with E-state index in [1.54, 1.807) is 0 Å². The van der Waals surface area contributed by atoms with E-state index < -0.39 is 18.1 Å². The van der Waals surface area contributed by atoms with Crippen LogP contribution in [0.4, 0.5) is 18.9 Å². The summed E-state index contributed by atoms with van der Waals surface area (Å²) in [5.41, 5.74) is 0.238. The number of pyridine rings is 1. The van der Waals surface area contributed by atoms with Gasteiger partial charge in [-0.25, -0.2) is 4.79 Å². The molecule has 1 aromatic heterocycles. The van der Waals surface area contributed by atoms with Gasteiger partial charge in [0.05, 0.1) is 11.6 Å². The van der Waals surface area contributed by atoms with Gasteiger partial charge >= 0.3 is 12.1 Å². The van der Waals surface area contributed by atoms with E-state index in [2.05, 4.69) is 4.98 Å². The second-order valence-corrected chi connectivity index (χ2v) is 4.52. The number of alkyl halides is 3. The first-order valence-electron chi connectivity index (χ1n) is 5.88. The van der Waals surface area contributed by atoms with Crippen molar-refractivity contribution >= 4 is 11.7 Å². The number of rotatable bonds is 2. The van der Waals surface area contributed by atoms with Gasteiger partial charge in [0.25, 0.3) is 0 Å². The first-order chi connectivity index (χ1) is 8.89. The molecule has 0 amide bonds. The Morgan fingerprint density at radius 2 is 2.21 bits per heavy atom. The predicted octanol–water partition coefficient (Wildman–Crippen LogP) is 2.56. The van der Waals surface area contributed by atoms with Crippen LogP contribution in [0, 0.1) is 5.92 Å². The van der Waals surface area contributed by atoms with E-state index in [9.17, 15) is 18.0 Å². The monoisotopic (exact) mass is 274 g/mol. The van der Waals surface area contributed by atoms with Gasteiger partial charge in [-0.3, -0.25) is 4.98 Å². The summed E-state index contributed by atoms with van der Waals surface area (Å²) >= 11 is 0. The summed E-state index contributed by atoms with van der Waals surface area (Å²) in [7, 11) is 0. The largest absolute Gasteiger partial charge is 0.478 e. The van der Waals surface area contributed by atoms with E-state index in [0.717, 1.165) is 6.20 Å². The van der Waals surface area contributed by atoms with Crippen molar-refractivity contribution in [2.45, 2.75) is 19.0 Å². The number of piperidine rings is 1. The fourth-order valence-corrected chi connectivity index (χ4v) is 2.29. The van der Waals surface area contributed by atoms with E-state index in [1.165, 1.54) is 17.2 Å². The van der Waals surface area contributed by atoms with Crippen molar-refractivity contribution in [3.63, 3.8) is 0 Å². The molecule has 1 atom stereocenters. The molecule has 1 unspecified atom stereocenters. The Morgan fingerprint density at radius 1 is 1.47 bits per heavy atom. The Kier molecular flexibility index (Phi) is 3.64. The molecular weight excluding hydrogens is 261 g/mol. The fraction of sp³-hybridized carbons (Fsp3) is 0.500. The third-order valence-corrected chi connectivity index (χ3v) is 3.25. The maximum Gasteiger partial charge on any atom is 0.393 e. The average Bonchev–Trinajstić information content (AvgIpc) is 2.38. The second kappa shape index (κ2) is 5.07. The van der Waals surface area contributed by atoms with Crippen LogP contribution in [0.2, 0.25) is 0 Å². The standard InChI is InChI=1S/C12H13F3N2O2/c13-12(14,15)8-2-1-5-17(7-8)10-3-4-16-6-9(10)11(18)19/h3-4,6,8H,1-2,5,7H2,(H,18,19). The third-order valence-electron chi connectivity index (χ3n) is 3.25. The summed E-state index contributed by atoms with van der Waals surface area (Å²) in [6.45, 7) is 0.227. The van der Waals surface area contributed by atoms with Crippen LogP contribution in [0.25, 0.3) is 0 Å². The van der Waals surface area contributed by atoms with Crippen molar-refractivity contribution in [3.8, 4) is 0 Å². The molecule has 1 saturated heterocycles. The minimum Gasteiger partial charge on any atom is -0.478 e. The molecule has 0 aromatic carbocycles. The molecule has 0 saturated carbocycles. The van der Waals surface area contributed by atoms with Crippen LogP contribution in [0.5, 0.6) is 0 Å². The zero-order chi connectivity index (χ0) is 14.0. The molecule has 7 heteroatoms. The summed E-state index contributed by atoms with van der Waals surface area (Å²) < 4.78 is 38.2. The number of aromatic nitrogens is 1. The quantitative estimate of drug-likeness (QED) is 0.900. The predicted molar refractivity (Wildman–Crippen MR) is 62.2 cm³/mol. The second-order valence-electron chi connectivity index (χ2n) is 4.52. The van der Waals surface area contributed by atoms with Crippen LogP contribution in [-0.4, -0.2) is 35.3 Å². The highest BCUT2D eigenvalue weighted by atomic mass is 19.4. The highest BCUT2D eigenvalue weighted by molar-refractivity contribution is 5.94. The van der Waals surface area contributed by atoms with E-state index >= 15 is 0 Å². The lowest BCUT2D eigenvalue weighted by atomic mass is 9.96. The number of nitrogens with zero attached hydrogens (tertiary/aromatic N) is 2. The molecule has 2 rings (SSSR count). The number of anilines is 1. The van der Waals surface area contributed by atoms with Crippen molar-refractivity contribution < 1.29 is 23.1 Å². The maximum atomic E-state index is 12.7. The average molecular weight is 274 g/mol. The lowest BCUT2D eigenvalue weighted by Gasteiger charge is -2.35. The third kappa shape index (κ3) is 2.97. The lowest BCUT2D eigenvalue weighted by Crippen LogP contribution is -2.42. The molecule has 1 aliphatic rings. The van der Waals surface area contributed by atoms with Gasteiger partial charge in [0, 0.05) is 25.5 Å². The lowest BCUT2D eigenvalue weighted by molar-refractivity contribution is -0.175. The summed E-state index contributed by atoms with van der Waals surface area (Å²) in [5, 5.41) is 9.03. The molecule has 1 N–H and O–H groups in total. The smallest absolute Gasteiger partial charge is 0.393 e. The van der Waals surface area contributed by atoms with Crippen LogP contribution >= 0.6 is 0 Å². The summed E-state index contributed by atoms with van der Waals surface area (Å²) in [5.74, 6) is -2.59. The number of carboxylic acid groups (broad SMARTS) is 1. The summed E-state index contributed by atoms with van der Waals surface area (Å²) in [6.07, 6.45) is -1.21. The molecular formula is C12H13F3N2O2. The zero-order valence-corrected chi connectivity index (χ0v) is 10.0. The van der Waals surface area contributed by atoms with Gasteiger partial charge in [0.1, 0.15) is 5.56 Å². The van der Waals surface area contributed by atoms with Gasteiger partial charge in [0.15, 0.2) is 0 Å². The van der Waals surface area contributed by atoms with E-state index in [4.69, 9.17) is 5.11 Å². The number of carboxylic acids is 1. The highest BCUT2D eigenvalue weighted by Crippen LogP contribution is 2.35. The van der Waals surface area contributed by atoms with Gasteiger partial charge in [-0.2, -0.15) is 13.2 Å². The molecule has 1 aliphatic heterocycles. The van der Waals surface area contributed by atoms with Crippen LogP contribution in [0.15, 0.2) is 18.5 Å². The molecule has 4 nitrogen and oxygen atoms in total. The number of hydrogen-bond donors (Lipinski definition) is 1. The van der Waals surface area contributed by atoms with Crippen LogP contribution in [0.3, 0.4) is 0 Å². The molecule has 2 heterocycles. The molecule has 1 fully saturated rings. The Balaban J connectivity index is 2.25. The first-order valence-corrected chi connectivity index (χ1v) is 5.88. The SMILES string of the molecule is O=C(O)c1cnccc1N1CCCC(C(F)(F)F)C1. The molecule has 0 aliphatic carbocycles. The number of hydrogen-bond acceptors (Lipinski definition) is 3.